The van der Waals surface area contributed by atoms with Gasteiger partial charge in [-0.05, 0) is 48.0 Å². The molecule has 2 aliphatic heterocycles. The minimum atomic E-state index is -0.721. The Kier molecular flexibility index (Phi) is 8.02. The van der Waals surface area contributed by atoms with E-state index in [1.54, 1.807) is 36.0 Å². The first-order chi connectivity index (χ1) is 20.6. The molecule has 208 valence electrons. The van der Waals surface area contributed by atoms with Crippen molar-refractivity contribution in [3.05, 3.63) is 125 Å². The van der Waals surface area contributed by atoms with E-state index < -0.39 is 6.04 Å². The fourth-order valence-corrected chi connectivity index (χ4v) is 6.27. The summed E-state index contributed by atoms with van der Waals surface area (Å²) in [5.74, 6) is 0.475. The summed E-state index contributed by atoms with van der Waals surface area (Å²) in [4.78, 5) is 38.5. The van der Waals surface area contributed by atoms with E-state index in [4.69, 9.17) is 10.3 Å². The molecule has 2 heterocycles. The van der Waals surface area contributed by atoms with Crippen LogP contribution in [0.4, 0.5) is 5.69 Å². The summed E-state index contributed by atoms with van der Waals surface area (Å²) >= 11 is 1.73. The van der Waals surface area contributed by atoms with Crippen molar-refractivity contribution in [2.45, 2.75) is 22.3 Å². The van der Waals surface area contributed by atoms with E-state index in [9.17, 15) is 9.59 Å². The Morgan fingerprint density at radius 2 is 1.50 bits per heavy atom. The van der Waals surface area contributed by atoms with Crippen LogP contribution in [-0.4, -0.2) is 59.7 Å². The Balaban J connectivity index is 1.20. The highest BCUT2D eigenvalue weighted by Crippen LogP contribution is 2.40. The summed E-state index contributed by atoms with van der Waals surface area (Å²) in [5, 5.41) is 12.1. The molecule has 0 spiro atoms. The SMILES string of the molecule is N#Cc1ccc(C(=O)NC(Cc2ccccc2)C(=O)N2CCN(C3=Nc4ccccc4Sc4ccccc43)CC2)cc1. The van der Waals surface area contributed by atoms with E-state index in [-0.39, 0.29) is 11.8 Å². The number of piperazine rings is 1. The molecule has 0 aliphatic carbocycles. The predicted molar refractivity (Wildman–Crippen MR) is 164 cm³/mol. The van der Waals surface area contributed by atoms with Gasteiger partial charge in [-0.25, -0.2) is 4.99 Å². The van der Waals surface area contributed by atoms with Crippen molar-refractivity contribution in [1.29, 1.82) is 5.26 Å². The van der Waals surface area contributed by atoms with Crippen LogP contribution < -0.4 is 5.32 Å². The van der Waals surface area contributed by atoms with Gasteiger partial charge in [0.2, 0.25) is 5.91 Å². The molecule has 2 amide bonds. The lowest BCUT2D eigenvalue weighted by Gasteiger charge is -2.38. The Morgan fingerprint density at radius 1 is 0.833 bits per heavy atom. The summed E-state index contributed by atoms with van der Waals surface area (Å²) in [7, 11) is 0. The Morgan fingerprint density at radius 3 is 2.24 bits per heavy atom. The minimum absolute atomic E-state index is 0.107. The van der Waals surface area contributed by atoms with Crippen LogP contribution in [0.1, 0.15) is 27.0 Å². The van der Waals surface area contributed by atoms with Crippen LogP contribution in [0.2, 0.25) is 0 Å². The molecule has 0 saturated carbocycles. The number of nitrogens with one attached hydrogen (secondary N) is 1. The Labute approximate surface area is 249 Å². The van der Waals surface area contributed by atoms with Crippen LogP contribution >= 0.6 is 11.8 Å². The molecular weight excluding hydrogens is 542 g/mol. The van der Waals surface area contributed by atoms with Crippen LogP contribution in [-0.2, 0) is 11.2 Å². The maximum absolute atomic E-state index is 13.9. The zero-order valence-corrected chi connectivity index (χ0v) is 23.8. The van der Waals surface area contributed by atoms with Crippen LogP contribution in [0.15, 0.2) is 118 Å². The number of nitriles is 1. The first-order valence-corrected chi connectivity index (χ1v) is 14.7. The molecule has 0 bridgehead atoms. The molecule has 0 radical (unpaired) electrons. The minimum Gasteiger partial charge on any atom is -0.353 e. The Hall–Kier alpha value is -4.87. The van der Waals surface area contributed by atoms with Gasteiger partial charge in [0.25, 0.3) is 5.91 Å². The molecule has 1 N–H and O–H groups in total. The lowest BCUT2D eigenvalue weighted by atomic mass is 10.0. The molecule has 1 atom stereocenters. The molecule has 42 heavy (non-hydrogen) atoms. The fraction of sp³-hybridized carbons (Fsp3) is 0.176. The molecular formula is C34H29N5O2S. The molecule has 0 aromatic heterocycles. The summed E-state index contributed by atoms with van der Waals surface area (Å²) < 4.78 is 0. The average Bonchev–Trinajstić information content (AvgIpc) is 3.21. The second-order valence-corrected chi connectivity index (χ2v) is 11.3. The monoisotopic (exact) mass is 571 g/mol. The van der Waals surface area contributed by atoms with Crippen LogP contribution in [0.25, 0.3) is 0 Å². The van der Waals surface area contributed by atoms with E-state index in [1.165, 1.54) is 0 Å². The van der Waals surface area contributed by atoms with Gasteiger partial charge in [0.15, 0.2) is 0 Å². The average molecular weight is 572 g/mol. The van der Waals surface area contributed by atoms with Gasteiger partial charge < -0.3 is 15.1 Å². The van der Waals surface area contributed by atoms with E-state index in [2.05, 4.69) is 34.5 Å². The van der Waals surface area contributed by atoms with Gasteiger partial charge in [-0.1, -0.05) is 72.4 Å². The molecule has 8 heteroatoms. The second-order valence-electron chi connectivity index (χ2n) is 10.2. The summed E-state index contributed by atoms with van der Waals surface area (Å²) in [5.41, 5.74) is 3.89. The summed E-state index contributed by atoms with van der Waals surface area (Å²) in [6, 6.07) is 34.0. The fourth-order valence-electron chi connectivity index (χ4n) is 5.26. The predicted octanol–water partition coefficient (Wildman–Crippen LogP) is 5.29. The molecule has 4 aromatic rings. The maximum atomic E-state index is 13.9. The van der Waals surface area contributed by atoms with Gasteiger partial charge in [0.05, 0.1) is 17.3 Å². The highest BCUT2D eigenvalue weighted by atomic mass is 32.2. The number of hydrogen-bond acceptors (Lipinski definition) is 6. The van der Waals surface area contributed by atoms with Gasteiger partial charge in [0.1, 0.15) is 11.9 Å². The summed E-state index contributed by atoms with van der Waals surface area (Å²) in [6.45, 7) is 2.31. The third-order valence-corrected chi connectivity index (χ3v) is 8.63. The zero-order valence-electron chi connectivity index (χ0n) is 22.9. The van der Waals surface area contributed by atoms with Crippen LogP contribution in [0, 0.1) is 11.3 Å². The lowest BCUT2D eigenvalue weighted by molar-refractivity contribution is -0.134. The molecule has 2 aliphatic rings. The van der Waals surface area contributed by atoms with E-state index in [1.807, 2.05) is 65.6 Å². The number of fused-ring (bicyclic) bond motifs is 2. The van der Waals surface area contributed by atoms with Crippen molar-refractivity contribution in [3.8, 4) is 6.07 Å². The van der Waals surface area contributed by atoms with Gasteiger partial charge in [-0.15, -0.1) is 0 Å². The largest absolute Gasteiger partial charge is 0.353 e. The summed E-state index contributed by atoms with van der Waals surface area (Å²) in [6.07, 6.45) is 0.385. The van der Waals surface area contributed by atoms with E-state index in [0.717, 1.165) is 32.4 Å². The van der Waals surface area contributed by atoms with Gasteiger partial charge in [-0.3, -0.25) is 9.59 Å². The van der Waals surface area contributed by atoms with Gasteiger partial charge >= 0.3 is 0 Å². The normalized spacial score (nSPS) is 14.9. The quantitative estimate of drug-likeness (QED) is 0.352. The van der Waals surface area contributed by atoms with Crippen molar-refractivity contribution in [2.75, 3.05) is 26.2 Å². The highest BCUT2D eigenvalue weighted by Gasteiger charge is 2.31. The number of para-hydroxylation sites is 1. The first-order valence-electron chi connectivity index (χ1n) is 13.9. The van der Waals surface area contributed by atoms with Crippen molar-refractivity contribution in [2.24, 2.45) is 4.99 Å². The van der Waals surface area contributed by atoms with Gasteiger partial charge in [-0.2, -0.15) is 5.26 Å². The smallest absolute Gasteiger partial charge is 0.251 e. The first kappa shape index (κ1) is 27.3. The van der Waals surface area contributed by atoms with Crippen molar-refractivity contribution in [3.63, 3.8) is 0 Å². The number of hydrogen-bond donors (Lipinski definition) is 1. The molecule has 4 aromatic carbocycles. The van der Waals surface area contributed by atoms with Crippen LogP contribution in [0.3, 0.4) is 0 Å². The van der Waals surface area contributed by atoms with Crippen molar-refractivity contribution in [1.82, 2.24) is 15.1 Å². The third kappa shape index (κ3) is 5.92. The van der Waals surface area contributed by atoms with Crippen molar-refractivity contribution >= 4 is 35.1 Å². The number of benzene rings is 4. The molecule has 1 saturated heterocycles. The molecule has 6 rings (SSSR count). The number of amidine groups is 1. The maximum Gasteiger partial charge on any atom is 0.251 e. The number of carbonyl (C=O) groups excluding carboxylic acids is 2. The highest BCUT2D eigenvalue weighted by molar-refractivity contribution is 7.99. The zero-order chi connectivity index (χ0) is 28.9. The van der Waals surface area contributed by atoms with Gasteiger partial charge in [0, 0.05) is 53.5 Å². The molecule has 1 fully saturated rings. The number of aliphatic imine (C=N–C) groups is 1. The number of amides is 2. The standard InChI is InChI=1S/C34H29N5O2S/c35-23-25-14-16-26(17-15-25)33(40)37-29(22-24-8-2-1-3-9-24)34(41)39-20-18-38(19-21-39)32-27-10-4-6-12-30(27)42-31-13-7-5-11-28(31)36-32/h1-17,29H,18-22H2,(H,37,40). The van der Waals surface area contributed by atoms with Crippen LogP contribution in [0.5, 0.6) is 0 Å². The third-order valence-electron chi connectivity index (χ3n) is 7.49. The molecule has 1 unspecified atom stereocenters. The lowest BCUT2D eigenvalue weighted by Crippen LogP contribution is -2.56. The molecule has 7 nitrogen and oxygen atoms in total. The van der Waals surface area contributed by atoms with E-state index >= 15 is 0 Å². The van der Waals surface area contributed by atoms with E-state index in [0.29, 0.717) is 43.7 Å². The Bertz CT molecular complexity index is 1670. The number of nitrogens with zero attached hydrogens (tertiary/aromatic N) is 4. The number of carbonyl (C=O) groups is 2. The number of rotatable bonds is 5. The topological polar surface area (TPSA) is 88.8 Å². The second kappa shape index (κ2) is 12.3. The van der Waals surface area contributed by atoms with Crippen molar-refractivity contribution < 1.29 is 9.59 Å².